The Hall–Kier alpha value is -1.28. The van der Waals surface area contributed by atoms with Gasteiger partial charge in [0.15, 0.2) is 0 Å². The highest BCUT2D eigenvalue weighted by Crippen LogP contribution is 2.17. The molecule has 0 aliphatic carbocycles. The highest BCUT2D eigenvalue weighted by molar-refractivity contribution is 5.30. The average molecular weight is 191 g/mol. The van der Waals surface area contributed by atoms with E-state index in [-0.39, 0.29) is 6.04 Å². The van der Waals surface area contributed by atoms with Crippen molar-refractivity contribution >= 4 is 0 Å². The van der Waals surface area contributed by atoms with Crippen LogP contribution < -0.4 is 10.5 Å². The Morgan fingerprint density at radius 3 is 2.86 bits per heavy atom. The largest absolute Gasteiger partial charge is 0.489 e. The van der Waals surface area contributed by atoms with Crippen molar-refractivity contribution in [2.75, 3.05) is 6.61 Å². The first-order valence-electron chi connectivity index (χ1n) is 4.72. The third-order valence-corrected chi connectivity index (χ3v) is 1.87. The molecule has 1 atom stereocenters. The number of nitrogens with two attached hydrogens (primary N) is 1. The minimum Gasteiger partial charge on any atom is -0.489 e. The van der Waals surface area contributed by atoms with Crippen LogP contribution in [0, 0.1) is 0 Å². The fourth-order valence-electron chi connectivity index (χ4n) is 1.09. The third kappa shape index (κ3) is 3.23. The number of hydrogen-bond donors (Lipinski definition) is 1. The molecule has 0 spiro atoms. The van der Waals surface area contributed by atoms with Crippen LogP contribution in [-0.4, -0.2) is 6.61 Å². The Kier molecular flexibility index (Phi) is 3.72. The normalized spacial score (nSPS) is 12.2. The minimum atomic E-state index is 0.0448. The summed E-state index contributed by atoms with van der Waals surface area (Å²) < 4.78 is 5.50. The fraction of sp³-hybridized carbons (Fsp3) is 0.333. The SMILES string of the molecule is C=C(C)COc1cccc([C@H](C)N)c1. The van der Waals surface area contributed by atoms with Crippen molar-refractivity contribution in [2.45, 2.75) is 19.9 Å². The molecule has 2 heteroatoms. The number of benzene rings is 1. The second kappa shape index (κ2) is 4.82. The van der Waals surface area contributed by atoms with E-state index in [1.807, 2.05) is 38.1 Å². The van der Waals surface area contributed by atoms with Gasteiger partial charge >= 0.3 is 0 Å². The van der Waals surface area contributed by atoms with Gasteiger partial charge in [-0.3, -0.25) is 0 Å². The predicted octanol–water partition coefficient (Wildman–Crippen LogP) is 2.66. The zero-order chi connectivity index (χ0) is 10.6. The lowest BCUT2D eigenvalue weighted by atomic mass is 10.1. The fourth-order valence-corrected chi connectivity index (χ4v) is 1.09. The van der Waals surface area contributed by atoms with Gasteiger partial charge in [0.05, 0.1) is 0 Å². The quantitative estimate of drug-likeness (QED) is 0.742. The van der Waals surface area contributed by atoms with E-state index in [0.29, 0.717) is 6.61 Å². The van der Waals surface area contributed by atoms with Crippen molar-refractivity contribution in [2.24, 2.45) is 5.73 Å². The van der Waals surface area contributed by atoms with Crippen molar-refractivity contribution in [3.8, 4) is 5.75 Å². The average Bonchev–Trinajstić information content (AvgIpc) is 2.15. The zero-order valence-corrected chi connectivity index (χ0v) is 8.79. The first-order chi connectivity index (χ1) is 6.59. The Morgan fingerprint density at radius 2 is 2.29 bits per heavy atom. The predicted molar refractivity (Wildman–Crippen MR) is 59.4 cm³/mol. The lowest BCUT2D eigenvalue weighted by Gasteiger charge is -2.09. The van der Waals surface area contributed by atoms with Crippen LogP contribution in [0.3, 0.4) is 0 Å². The van der Waals surface area contributed by atoms with Crippen molar-refractivity contribution in [1.82, 2.24) is 0 Å². The molecule has 0 amide bonds. The summed E-state index contributed by atoms with van der Waals surface area (Å²) in [6.45, 7) is 8.23. The van der Waals surface area contributed by atoms with E-state index in [9.17, 15) is 0 Å². The maximum atomic E-state index is 5.77. The molecular formula is C12H17NO. The molecule has 0 aromatic heterocycles. The molecule has 0 saturated heterocycles. The molecule has 0 bridgehead atoms. The van der Waals surface area contributed by atoms with E-state index < -0.39 is 0 Å². The lowest BCUT2D eigenvalue weighted by Crippen LogP contribution is -2.05. The summed E-state index contributed by atoms with van der Waals surface area (Å²) in [5.41, 5.74) is 7.86. The van der Waals surface area contributed by atoms with E-state index >= 15 is 0 Å². The van der Waals surface area contributed by atoms with Crippen molar-refractivity contribution < 1.29 is 4.74 Å². The molecule has 2 nitrogen and oxygen atoms in total. The molecule has 0 fully saturated rings. The molecule has 0 aliphatic rings. The molecule has 1 aromatic rings. The van der Waals surface area contributed by atoms with Crippen LogP contribution in [0.2, 0.25) is 0 Å². The molecule has 0 radical (unpaired) electrons. The first kappa shape index (κ1) is 10.8. The molecule has 76 valence electrons. The lowest BCUT2D eigenvalue weighted by molar-refractivity contribution is 0.352. The van der Waals surface area contributed by atoms with Crippen molar-refractivity contribution in [3.63, 3.8) is 0 Å². The van der Waals surface area contributed by atoms with E-state index in [0.717, 1.165) is 16.9 Å². The van der Waals surface area contributed by atoms with E-state index in [1.165, 1.54) is 0 Å². The molecule has 0 aliphatic heterocycles. The summed E-state index contributed by atoms with van der Waals surface area (Å²) in [5, 5.41) is 0. The van der Waals surface area contributed by atoms with Crippen molar-refractivity contribution in [3.05, 3.63) is 42.0 Å². The Bertz CT molecular complexity index is 318. The Labute approximate surface area is 85.4 Å². The van der Waals surface area contributed by atoms with Crippen molar-refractivity contribution in [1.29, 1.82) is 0 Å². The van der Waals surface area contributed by atoms with Gasteiger partial charge in [0.25, 0.3) is 0 Å². The Morgan fingerprint density at radius 1 is 1.57 bits per heavy atom. The van der Waals surface area contributed by atoms with Crippen LogP contribution in [-0.2, 0) is 0 Å². The number of ether oxygens (including phenoxy) is 1. The highest BCUT2D eigenvalue weighted by Gasteiger charge is 2.00. The summed E-state index contributed by atoms with van der Waals surface area (Å²) >= 11 is 0. The van der Waals surface area contributed by atoms with Gasteiger partial charge in [-0.1, -0.05) is 18.7 Å². The summed E-state index contributed by atoms with van der Waals surface area (Å²) in [6.07, 6.45) is 0. The summed E-state index contributed by atoms with van der Waals surface area (Å²) in [7, 11) is 0. The second-order valence-electron chi connectivity index (χ2n) is 3.61. The Balaban J connectivity index is 2.68. The van der Waals surface area contributed by atoms with Gasteiger partial charge in [0.2, 0.25) is 0 Å². The molecule has 14 heavy (non-hydrogen) atoms. The van der Waals surface area contributed by atoms with E-state index in [4.69, 9.17) is 10.5 Å². The summed E-state index contributed by atoms with van der Waals surface area (Å²) in [4.78, 5) is 0. The number of hydrogen-bond acceptors (Lipinski definition) is 2. The van der Waals surface area contributed by atoms with Crippen LogP contribution in [0.25, 0.3) is 0 Å². The van der Waals surface area contributed by atoms with Crippen LogP contribution >= 0.6 is 0 Å². The zero-order valence-electron chi connectivity index (χ0n) is 8.79. The monoisotopic (exact) mass is 191 g/mol. The smallest absolute Gasteiger partial charge is 0.120 e. The van der Waals surface area contributed by atoms with Crippen LogP contribution in [0.15, 0.2) is 36.4 Å². The summed E-state index contributed by atoms with van der Waals surface area (Å²) in [6, 6.07) is 7.89. The van der Waals surface area contributed by atoms with Gasteiger partial charge in [-0.2, -0.15) is 0 Å². The third-order valence-electron chi connectivity index (χ3n) is 1.87. The highest BCUT2D eigenvalue weighted by atomic mass is 16.5. The van der Waals surface area contributed by atoms with Gasteiger partial charge in [-0.15, -0.1) is 0 Å². The molecule has 1 aromatic carbocycles. The van der Waals surface area contributed by atoms with Crippen LogP contribution in [0.5, 0.6) is 5.75 Å². The number of rotatable bonds is 4. The van der Waals surface area contributed by atoms with Crippen LogP contribution in [0.1, 0.15) is 25.5 Å². The maximum absolute atomic E-state index is 5.77. The molecular weight excluding hydrogens is 174 g/mol. The molecule has 1 rings (SSSR count). The summed E-state index contributed by atoms with van der Waals surface area (Å²) in [5.74, 6) is 0.850. The molecule has 2 N–H and O–H groups in total. The van der Waals surface area contributed by atoms with Gasteiger partial charge in [0, 0.05) is 6.04 Å². The topological polar surface area (TPSA) is 35.2 Å². The van der Waals surface area contributed by atoms with E-state index in [2.05, 4.69) is 6.58 Å². The standard InChI is InChI=1S/C12H17NO/c1-9(2)8-14-12-6-4-5-11(7-12)10(3)13/h4-7,10H,1,8,13H2,2-3H3/t10-/m0/s1. The molecule has 0 unspecified atom stereocenters. The van der Waals surface area contributed by atoms with E-state index in [1.54, 1.807) is 0 Å². The van der Waals surface area contributed by atoms with Gasteiger partial charge in [-0.25, -0.2) is 0 Å². The minimum absolute atomic E-state index is 0.0448. The van der Waals surface area contributed by atoms with Gasteiger partial charge in [-0.05, 0) is 37.1 Å². The second-order valence-corrected chi connectivity index (χ2v) is 3.61. The van der Waals surface area contributed by atoms with Gasteiger partial charge in [0.1, 0.15) is 12.4 Å². The van der Waals surface area contributed by atoms with Crippen LogP contribution in [0.4, 0.5) is 0 Å². The maximum Gasteiger partial charge on any atom is 0.120 e. The molecule has 0 heterocycles. The molecule has 0 saturated carbocycles. The first-order valence-corrected chi connectivity index (χ1v) is 4.72. The van der Waals surface area contributed by atoms with Gasteiger partial charge < -0.3 is 10.5 Å².